The third-order valence-corrected chi connectivity index (χ3v) is 4.91. The second-order valence-corrected chi connectivity index (χ2v) is 6.52. The van der Waals surface area contributed by atoms with Crippen molar-refractivity contribution in [2.75, 3.05) is 17.2 Å². The van der Waals surface area contributed by atoms with Crippen molar-refractivity contribution in [3.8, 4) is 0 Å². The number of hydrogen-bond donors (Lipinski definition) is 1. The van der Waals surface area contributed by atoms with E-state index < -0.39 is 0 Å². The van der Waals surface area contributed by atoms with E-state index >= 15 is 0 Å². The summed E-state index contributed by atoms with van der Waals surface area (Å²) in [7, 11) is 0. The summed E-state index contributed by atoms with van der Waals surface area (Å²) in [5, 5.41) is 2.86. The molecule has 2 N–H and O–H groups in total. The highest BCUT2D eigenvalue weighted by Crippen LogP contribution is 2.32. The van der Waals surface area contributed by atoms with E-state index in [2.05, 4.69) is 18.8 Å². The monoisotopic (exact) mass is 373 g/mol. The number of nitrogens with two attached hydrogens (primary N) is 1. The number of thiazole rings is 1. The molecule has 2 heterocycles. The average molecular weight is 374 g/mol. The quantitative estimate of drug-likeness (QED) is 0.798. The number of carbonyl (C=O) groups excluding carboxylic acids is 1. The van der Waals surface area contributed by atoms with Crippen molar-refractivity contribution in [1.29, 1.82) is 0 Å². The molecule has 1 aliphatic heterocycles. The fourth-order valence-electron chi connectivity index (χ4n) is 2.65. The van der Waals surface area contributed by atoms with Crippen LogP contribution in [0, 0.1) is 0 Å². The van der Waals surface area contributed by atoms with Crippen LogP contribution in [-0.2, 0) is 6.42 Å². The average Bonchev–Trinajstić information content (AvgIpc) is 2.96. The predicted octanol–water partition coefficient (Wildman–Crippen LogP) is 4.29. The first-order valence-electron chi connectivity index (χ1n) is 7.22. The van der Waals surface area contributed by atoms with Gasteiger partial charge in [0, 0.05) is 29.2 Å². The van der Waals surface area contributed by atoms with Gasteiger partial charge in [0.1, 0.15) is 5.69 Å². The maximum Gasteiger partial charge on any atom is 0.277 e. The van der Waals surface area contributed by atoms with Gasteiger partial charge in [0.05, 0.1) is 5.01 Å². The Kier molecular flexibility index (Phi) is 6.86. The van der Waals surface area contributed by atoms with Gasteiger partial charge in [-0.1, -0.05) is 19.9 Å². The van der Waals surface area contributed by atoms with Crippen LogP contribution in [0.25, 0.3) is 0 Å². The maximum absolute atomic E-state index is 12.7. The van der Waals surface area contributed by atoms with Crippen molar-refractivity contribution in [1.82, 2.24) is 4.98 Å². The van der Waals surface area contributed by atoms with E-state index in [-0.39, 0.29) is 30.7 Å². The number of nitrogen functional groups attached to an aromatic ring is 1. The molecule has 0 saturated carbocycles. The number of hydrogen-bond acceptors (Lipinski definition) is 4. The summed E-state index contributed by atoms with van der Waals surface area (Å²) in [5.41, 5.74) is 9.36. The van der Waals surface area contributed by atoms with Gasteiger partial charge in [-0.25, -0.2) is 4.98 Å². The van der Waals surface area contributed by atoms with Crippen LogP contribution >= 0.6 is 36.2 Å². The van der Waals surface area contributed by atoms with E-state index in [1.807, 2.05) is 28.5 Å². The molecular formula is C16H21Cl2N3OS. The largest absolute Gasteiger partial charge is 0.398 e. The number of amides is 1. The molecule has 1 aromatic heterocycles. The van der Waals surface area contributed by atoms with E-state index in [9.17, 15) is 4.79 Å². The highest BCUT2D eigenvalue weighted by Gasteiger charge is 2.26. The molecule has 0 saturated heterocycles. The number of benzene rings is 1. The van der Waals surface area contributed by atoms with E-state index in [0.29, 0.717) is 11.6 Å². The first-order chi connectivity index (χ1) is 10.1. The van der Waals surface area contributed by atoms with Crippen molar-refractivity contribution in [2.45, 2.75) is 32.6 Å². The van der Waals surface area contributed by atoms with Gasteiger partial charge in [0.15, 0.2) is 0 Å². The molecule has 0 spiro atoms. The summed E-state index contributed by atoms with van der Waals surface area (Å²) >= 11 is 1.55. The van der Waals surface area contributed by atoms with Crippen LogP contribution in [0.1, 0.15) is 47.2 Å². The Morgan fingerprint density at radius 1 is 1.35 bits per heavy atom. The summed E-state index contributed by atoms with van der Waals surface area (Å²) < 4.78 is 0. The number of fused-ring (bicyclic) bond motifs is 1. The number of nitrogens with zero attached hydrogens (tertiary/aromatic N) is 2. The van der Waals surface area contributed by atoms with Gasteiger partial charge in [-0.05, 0) is 30.5 Å². The van der Waals surface area contributed by atoms with E-state index in [1.165, 1.54) is 0 Å². The van der Waals surface area contributed by atoms with Crippen LogP contribution in [0.5, 0.6) is 0 Å². The standard InChI is InChI=1S/C16H19N3OS.2ClH/c1-10(2)15-18-13(9-21-15)16(20)19-8-4-5-11-12(17)6-3-7-14(11)19;;/h3,6-7,9-10H,4-5,8,17H2,1-2H3;2*1H. The molecule has 1 amide bonds. The number of aromatic nitrogens is 1. The molecule has 0 bridgehead atoms. The second kappa shape index (κ2) is 7.99. The highest BCUT2D eigenvalue weighted by molar-refractivity contribution is 7.09. The Bertz CT molecular complexity index is 688. The topological polar surface area (TPSA) is 59.2 Å². The van der Waals surface area contributed by atoms with Crippen molar-refractivity contribution in [3.63, 3.8) is 0 Å². The van der Waals surface area contributed by atoms with Crippen LogP contribution < -0.4 is 10.6 Å². The van der Waals surface area contributed by atoms with Crippen LogP contribution in [-0.4, -0.2) is 17.4 Å². The molecule has 0 atom stereocenters. The fourth-order valence-corrected chi connectivity index (χ4v) is 3.46. The maximum atomic E-state index is 12.7. The zero-order valence-corrected chi connectivity index (χ0v) is 15.6. The van der Waals surface area contributed by atoms with E-state index in [1.54, 1.807) is 11.3 Å². The lowest BCUT2D eigenvalue weighted by atomic mass is 9.99. The minimum Gasteiger partial charge on any atom is -0.398 e. The predicted molar refractivity (Wildman–Crippen MR) is 102 cm³/mol. The molecule has 0 aliphatic carbocycles. The molecule has 3 rings (SSSR count). The molecule has 1 aromatic carbocycles. The van der Waals surface area contributed by atoms with Crippen molar-refractivity contribution in [2.24, 2.45) is 0 Å². The summed E-state index contributed by atoms with van der Waals surface area (Å²) in [5.74, 6) is 0.325. The highest BCUT2D eigenvalue weighted by atomic mass is 35.5. The molecule has 4 nitrogen and oxygen atoms in total. The van der Waals surface area contributed by atoms with Gasteiger partial charge in [-0.3, -0.25) is 4.79 Å². The first kappa shape index (κ1) is 19.7. The minimum atomic E-state index is -0.0234. The molecule has 126 valence electrons. The lowest BCUT2D eigenvalue weighted by molar-refractivity contribution is 0.0981. The number of rotatable bonds is 2. The van der Waals surface area contributed by atoms with Crippen LogP contribution in [0.4, 0.5) is 11.4 Å². The lowest BCUT2D eigenvalue weighted by Crippen LogP contribution is -2.36. The van der Waals surface area contributed by atoms with Gasteiger partial charge in [0.25, 0.3) is 5.91 Å². The number of anilines is 2. The Balaban J connectivity index is 0.00000132. The normalized spacial score (nSPS) is 13.1. The number of carbonyl (C=O) groups is 1. The molecule has 1 aliphatic rings. The van der Waals surface area contributed by atoms with Gasteiger partial charge < -0.3 is 10.6 Å². The van der Waals surface area contributed by atoms with E-state index in [4.69, 9.17) is 5.73 Å². The molecule has 0 unspecified atom stereocenters. The summed E-state index contributed by atoms with van der Waals surface area (Å²) in [6, 6.07) is 5.77. The fraction of sp³-hybridized carbons (Fsp3) is 0.375. The van der Waals surface area contributed by atoms with E-state index in [0.717, 1.165) is 41.3 Å². The third-order valence-electron chi connectivity index (χ3n) is 3.77. The smallest absolute Gasteiger partial charge is 0.277 e. The Morgan fingerprint density at radius 2 is 2.09 bits per heavy atom. The van der Waals surface area contributed by atoms with Gasteiger partial charge >= 0.3 is 0 Å². The molecular weight excluding hydrogens is 353 g/mol. The third kappa shape index (κ3) is 3.79. The Hall–Kier alpha value is -1.30. The van der Waals surface area contributed by atoms with Gasteiger partial charge in [-0.15, -0.1) is 36.2 Å². The molecule has 2 aromatic rings. The zero-order chi connectivity index (χ0) is 15.0. The van der Waals surface area contributed by atoms with Gasteiger partial charge in [0.2, 0.25) is 0 Å². The van der Waals surface area contributed by atoms with Crippen molar-refractivity contribution < 1.29 is 4.79 Å². The lowest BCUT2D eigenvalue weighted by Gasteiger charge is -2.29. The summed E-state index contributed by atoms with van der Waals surface area (Å²) in [6.07, 6.45) is 1.87. The number of halogens is 2. The SMILES string of the molecule is CC(C)c1nc(C(=O)N2CCCc3c(N)cccc32)cs1.Cl.Cl. The zero-order valence-electron chi connectivity index (χ0n) is 13.1. The minimum absolute atomic E-state index is 0. The first-order valence-corrected chi connectivity index (χ1v) is 8.10. The summed E-state index contributed by atoms with van der Waals surface area (Å²) in [6.45, 7) is 4.90. The molecule has 0 radical (unpaired) electrons. The Morgan fingerprint density at radius 3 is 2.74 bits per heavy atom. The van der Waals surface area contributed by atoms with Crippen molar-refractivity contribution >= 4 is 53.4 Å². The van der Waals surface area contributed by atoms with Crippen LogP contribution in [0.15, 0.2) is 23.6 Å². The Labute approximate surface area is 152 Å². The van der Waals surface area contributed by atoms with Gasteiger partial charge in [-0.2, -0.15) is 0 Å². The second-order valence-electron chi connectivity index (χ2n) is 5.63. The van der Waals surface area contributed by atoms with Crippen molar-refractivity contribution in [3.05, 3.63) is 39.8 Å². The summed E-state index contributed by atoms with van der Waals surface area (Å²) in [4.78, 5) is 19.0. The molecule has 7 heteroatoms. The molecule has 0 fully saturated rings. The van der Waals surface area contributed by atoms with Crippen LogP contribution in [0.3, 0.4) is 0 Å². The van der Waals surface area contributed by atoms with Crippen LogP contribution in [0.2, 0.25) is 0 Å². The molecule has 23 heavy (non-hydrogen) atoms.